The van der Waals surface area contributed by atoms with Gasteiger partial charge in [0.1, 0.15) is 12.6 Å². The average Bonchev–Trinajstić information content (AvgIpc) is 3.18. The number of aliphatic hydroxyl groups is 1. The van der Waals surface area contributed by atoms with Crippen molar-refractivity contribution >= 4 is 12.1 Å². The molecule has 0 aromatic heterocycles. The van der Waals surface area contributed by atoms with Crippen LogP contribution in [0.4, 0.5) is 4.79 Å². The smallest absolute Gasteiger partial charge is 0.407 e. The summed E-state index contributed by atoms with van der Waals surface area (Å²) in [5.41, 5.74) is 2.29. The van der Waals surface area contributed by atoms with Gasteiger partial charge in [0.25, 0.3) is 0 Å². The Kier molecular flexibility index (Phi) is 5.06. The van der Waals surface area contributed by atoms with Crippen LogP contribution in [0.5, 0.6) is 0 Å². The summed E-state index contributed by atoms with van der Waals surface area (Å²) in [5, 5.41) is 23.0. The van der Waals surface area contributed by atoms with E-state index in [1.54, 1.807) is 13.8 Å². The number of fused-ring (bicyclic) bond motifs is 3. The van der Waals surface area contributed by atoms with Crippen molar-refractivity contribution in [3.05, 3.63) is 59.7 Å². The summed E-state index contributed by atoms with van der Waals surface area (Å²) in [6.07, 6.45) is 0.938. The summed E-state index contributed by atoms with van der Waals surface area (Å²) < 4.78 is 5.50. The molecule has 2 aromatic rings. The fourth-order valence-electron chi connectivity index (χ4n) is 5.06. The predicted molar refractivity (Wildman–Crippen MR) is 112 cm³/mol. The van der Waals surface area contributed by atoms with E-state index in [1.165, 1.54) is 0 Å². The van der Waals surface area contributed by atoms with Crippen molar-refractivity contribution in [3.63, 3.8) is 0 Å². The Hall–Kier alpha value is -2.86. The van der Waals surface area contributed by atoms with Crippen LogP contribution in [-0.2, 0) is 9.53 Å². The van der Waals surface area contributed by atoms with Crippen molar-refractivity contribution in [1.82, 2.24) is 5.32 Å². The van der Waals surface area contributed by atoms with Crippen LogP contribution in [0.1, 0.15) is 50.2 Å². The molecular weight excluding hydrogens is 382 g/mol. The van der Waals surface area contributed by atoms with Gasteiger partial charge in [-0.15, -0.1) is 0 Å². The van der Waals surface area contributed by atoms with Crippen molar-refractivity contribution in [3.8, 4) is 11.1 Å². The SMILES string of the molecule is CC1(O)CCCC1(C)C(NC(=O)OCC1c2ccccc2-c2ccccc21)C(=O)O. The van der Waals surface area contributed by atoms with Gasteiger partial charge in [-0.05, 0) is 48.4 Å². The van der Waals surface area contributed by atoms with Crippen molar-refractivity contribution < 1.29 is 24.5 Å². The third-order valence-corrected chi connectivity index (χ3v) is 7.08. The van der Waals surface area contributed by atoms with Crippen molar-refractivity contribution in [2.24, 2.45) is 5.41 Å². The van der Waals surface area contributed by atoms with E-state index in [0.29, 0.717) is 19.3 Å². The molecule has 3 atom stereocenters. The van der Waals surface area contributed by atoms with Crippen LogP contribution >= 0.6 is 0 Å². The third kappa shape index (κ3) is 3.25. The Morgan fingerprint density at radius 3 is 2.13 bits per heavy atom. The monoisotopic (exact) mass is 409 g/mol. The van der Waals surface area contributed by atoms with Gasteiger partial charge in [0.05, 0.1) is 5.60 Å². The van der Waals surface area contributed by atoms with Gasteiger partial charge in [0, 0.05) is 11.3 Å². The largest absolute Gasteiger partial charge is 0.480 e. The van der Waals surface area contributed by atoms with Gasteiger partial charge in [-0.1, -0.05) is 55.5 Å². The van der Waals surface area contributed by atoms with Crippen molar-refractivity contribution in [1.29, 1.82) is 0 Å². The van der Waals surface area contributed by atoms with E-state index in [9.17, 15) is 19.8 Å². The molecule has 6 heteroatoms. The number of benzene rings is 2. The van der Waals surface area contributed by atoms with Gasteiger partial charge < -0.3 is 20.3 Å². The minimum Gasteiger partial charge on any atom is -0.480 e. The van der Waals surface area contributed by atoms with E-state index < -0.39 is 29.1 Å². The summed E-state index contributed by atoms with van der Waals surface area (Å²) in [7, 11) is 0. The number of hydrogen-bond acceptors (Lipinski definition) is 4. The highest BCUT2D eigenvalue weighted by Crippen LogP contribution is 2.49. The van der Waals surface area contributed by atoms with Crippen LogP contribution in [0.25, 0.3) is 11.1 Å². The zero-order valence-corrected chi connectivity index (χ0v) is 17.2. The minimum absolute atomic E-state index is 0.100. The van der Waals surface area contributed by atoms with Crippen molar-refractivity contribution in [2.45, 2.75) is 50.7 Å². The molecule has 0 spiro atoms. The molecule has 3 unspecified atom stereocenters. The number of carboxylic acids is 1. The Morgan fingerprint density at radius 2 is 1.63 bits per heavy atom. The van der Waals surface area contributed by atoms with Gasteiger partial charge in [0.2, 0.25) is 0 Å². The molecule has 6 nitrogen and oxygen atoms in total. The van der Waals surface area contributed by atoms with E-state index in [1.807, 2.05) is 36.4 Å². The molecular formula is C24H27NO5. The van der Waals surface area contributed by atoms with Gasteiger partial charge >= 0.3 is 12.1 Å². The summed E-state index contributed by atoms with van der Waals surface area (Å²) in [5.74, 6) is -1.27. The maximum Gasteiger partial charge on any atom is 0.407 e. The first kappa shape index (κ1) is 20.4. The quantitative estimate of drug-likeness (QED) is 0.696. The highest BCUT2D eigenvalue weighted by molar-refractivity contribution is 5.82. The Balaban J connectivity index is 1.49. The molecule has 158 valence electrons. The van der Waals surface area contributed by atoms with Crippen LogP contribution in [0.2, 0.25) is 0 Å². The topological polar surface area (TPSA) is 95.9 Å². The predicted octanol–water partition coefficient (Wildman–Crippen LogP) is 3.92. The number of ether oxygens (including phenoxy) is 1. The second kappa shape index (κ2) is 7.43. The highest BCUT2D eigenvalue weighted by atomic mass is 16.5. The van der Waals surface area contributed by atoms with E-state index in [2.05, 4.69) is 17.4 Å². The van der Waals surface area contributed by atoms with E-state index >= 15 is 0 Å². The first-order valence-corrected chi connectivity index (χ1v) is 10.3. The lowest BCUT2D eigenvalue weighted by Gasteiger charge is -2.41. The molecule has 3 N–H and O–H groups in total. The second-order valence-corrected chi connectivity index (χ2v) is 8.79. The summed E-state index contributed by atoms with van der Waals surface area (Å²) in [6, 6.07) is 14.8. The minimum atomic E-state index is -1.23. The lowest BCUT2D eigenvalue weighted by molar-refractivity contribution is -0.149. The zero-order chi connectivity index (χ0) is 21.5. The second-order valence-electron chi connectivity index (χ2n) is 8.79. The Labute approximate surface area is 175 Å². The number of aliphatic carboxylic acids is 1. The normalized spacial score (nSPS) is 26.0. The van der Waals surface area contributed by atoms with E-state index in [4.69, 9.17) is 4.74 Å². The molecule has 2 aromatic carbocycles. The molecule has 30 heavy (non-hydrogen) atoms. The fraction of sp³-hybridized carbons (Fsp3) is 0.417. The van der Waals surface area contributed by atoms with Crippen LogP contribution < -0.4 is 5.32 Å². The van der Waals surface area contributed by atoms with Crippen molar-refractivity contribution in [2.75, 3.05) is 6.61 Å². The maximum atomic E-state index is 12.6. The number of nitrogens with one attached hydrogen (secondary N) is 1. The summed E-state index contributed by atoms with van der Waals surface area (Å²) in [6.45, 7) is 3.46. The van der Waals surface area contributed by atoms with Crippen LogP contribution in [-0.4, -0.2) is 40.5 Å². The molecule has 0 radical (unpaired) electrons. The highest BCUT2D eigenvalue weighted by Gasteiger charge is 2.55. The lowest BCUT2D eigenvalue weighted by atomic mass is 9.71. The van der Waals surface area contributed by atoms with E-state index in [-0.39, 0.29) is 12.5 Å². The molecule has 0 saturated heterocycles. The molecule has 2 aliphatic rings. The number of carboxylic acid groups (broad SMARTS) is 1. The number of carbonyl (C=O) groups excluding carboxylic acids is 1. The molecule has 2 aliphatic carbocycles. The van der Waals surface area contributed by atoms with Gasteiger partial charge in [-0.3, -0.25) is 0 Å². The standard InChI is InChI=1S/C24H27NO5/c1-23(12-7-13-24(23,2)29)20(21(26)27)25-22(28)30-14-19-17-10-5-3-8-15(17)16-9-4-6-11-18(16)19/h3-6,8-11,19-20,29H,7,12-14H2,1-2H3,(H,25,28)(H,26,27). The number of hydrogen-bond donors (Lipinski definition) is 3. The van der Waals surface area contributed by atoms with Crippen LogP contribution in [0, 0.1) is 5.41 Å². The lowest BCUT2D eigenvalue weighted by Crippen LogP contribution is -2.58. The van der Waals surface area contributed by atoms with E-state index in [0.717, 1.165) is 22.3 Å². The Morgan fingerprint density at radius 1 is 1.07 bits per heavy atom. The third-order valence-electron chi connectivity index (χ3n) is 7.08. The number of amides is 1. The zero-order valence-electron chi connectivity index (χ0n) is 17.2. The Bertz CT molecular complexity index is 940. The molecule has 0 aliphatic heterocycles. The molecule has 4 rings (SSSR count). The fourth-order valence-corrected chi connectivity index (χ4v) is 5.06. The number of rotatable bonds is 5. The number of alkyl carbamates (subject to hydrolysis) is 1. The van der Waals surface area contributed by atoms with Crippen LogP contribution in [0.15, 0.2) is 48.5 Å². The molecule has 0 heterocycles. The van der Waals surface area contributed by atoms with Gasteiger partial charge in [0.15, 0.2) is 0 Å². The van der Waals surface area contributed by atoms with Gasteiger partial charge in [-0.25, -0.2) is 9.59 Å². The maximum absolute atomic E-state index is 12.6. The molecule has 1 fully saturated rings. The molecule has 0 bridgehead atoms. The molecule has 1 saturated carbocycles. The summed E-state index contributed by atoms with van der Waals surface area (Å²) >= 11 is 0. The first-order chi connectivity index (χ1) is 14.2. The summed E-state index contributed by atoms with van der Waals surface area (Å²) in [4.78, 5) is 24.5. The first-order valence-electron chi connectivity index (χ1n) is 10.3. The van der Waals surface area contributed by atoms with Crippen LogP contribution in [0.3, 0.4) is 0 Å². The average molecular weight is 409 g/mol. The van der Waals surface area contributed by atoms with Gasteiger partial charge in [-0.2, -0.15) is 0 Å². The molecule has 1 amide bonds. The number of carbonyl (C=O) groups is 2.